The molecule has 0 aliphatic heterocycles. The Labute approximate surface area is 127 Å². The van der Waals surface area contributed by atoms with E-state index in [1.54, 1.807) is 12.1 Å². The average molecular weight is 290 g/mol. The molecular weight excluding hydrogens is 276 g/mol. The van der Waals surface area contributed by atoms with Crippen molar-refractivity contribution in [3.63, 3.8) is 0 Å². The maximum absolute atomic E-state index is 10.6. The molecule has 0 saturated heterocycles. The Kier molecular flexibility index (Phi) is 3.66. The van der Waals surface area contributed by atoms with Crippen molar-refractivity contribution in [2.45, 2.75) is 6.92 Å². The molecule has 0 aliphatic rings. The number of aryl methyl sites for hydroxylation is 1. The summed E-state index contributed by atoms with van der Waals surface area (Å²) in [6.07, 6.45) is 3.80. The molecule has 0 amide bonds. The van der Waals surface area contributed by atoms with E-state index in [1.807, 2.05) is 36.4 Å². The second-order valence-electron chi connectivity index (χ2n) is 5.11. The fourth-order valence-electron chi connectivity index (χ4n) is 2.24. The number of pyridine rings is 1. The highest BCUT2D eigenvalue weighted by molar-refractivity contribution is 5.81. The summed E-state index contributed by atoms with van der Waals surface area (Å²) in [6.45, 7) is 2.06. The third kappa shape index (κ3) is 3.01. The first-order chi connectivity index (χ1) is 10.6. The molecule has 2 aromatic carbocycles. The van der Waals surface area contributed by atoms with Gasteiger partial charge in [0.05, 0.1) is 16.1 Å². The average Bonchev–Trinajstić information content (AvgIpc) is 2.53. The molecule has 0 aliphatic carbocycles. The fourth-order valence-corrected chi connectivity index (χ4v) is 2.24. The summed E-state index contributed by atoms with van der Waals surface area (Å²) in [6, 6.07) is 16.6. The predicted octanol–water partition coefficient (Wildman–Crippen LogP) is 4.62. The van der Waals surface area contributed by atoms with Gasteiger partial charge in [-0.1, -0.05) is 23.8 Å². The van der Waals surface area contributed by atoms with Crippen molar-refractivity contribution in [1.82, 2.24) is 4.98 Å². The van der Waals surface area contributed by atoms with Gasteiger partial charge in [-0.05, 0) is 48.9 Å². The molecule has 1 aromatic heterocycles. The van der Waals surface area contributed by atoms with E-state index in [2.05, 4.69) is 18.0 Å². The Morgan fingerprint density at radius 3 is 2.50 bits per heavy atom. The SMILES string of the molecule is Cc1ccc2nc(/C=C/c3ccc([N+](=O)[O-])cc3)ccc2c1. The fraction of sp³-hybridized carbons (Fsp3) is 0.0556. The van der Waals surface area contributed by atoms with Crippen LogP contribution in [-0.4, -0.2) is 9.91 Å². The highest BCUT2D eigenvalue weighted by Crippen LogP contribution is 2.17. The van der Waals surface area contributed by atoms with Gasteiger partial charge in [-0.2, -0.15) is 0 Å². The Morgan fingerprint density at radius 2 is 1.77 bits per heavy atom. The number of nitro groups is 1. The van der Waals surface area contributed by atoms with E-state index in [9.17, 15) is 10.1 Å². The lowest BCUT2D eigenvalue weighted by atomic mass is 10.1. The van der Waals surface area contributed by atoms with Gasteiger partial charge in [0.2, 0.25) is 0 Å². The Bertz CT molecular complexity index is 868. The number of rotatable bonds is 3. The maximum atomic E-state index is 10.6. The number of hydrogen-bond donors (Lipinski definition) is 0. The molecule has 4 heteroatoms. The lowest BCUT2D eigenvalue weighted by Crippen LogP contribution is -1.87. The van der Waals surface area contributed by atoms with Crippen molar-refractivity contribution in [3.8, 4) is 0 Å². The third-order valence-corrected chi connectivity index (χ3v) is 3.42. The first kappa shape index (κ1) is 13.9. The number of benzene rings is 2. The molecule has 0 saturated carbocycles. The Hall–Kier alpha value is -3.01. The van der Waals surface area contributed by atoms with Crippen molar-refractivity contribution >= 4 is 28.7 Å². The Balaban J connectivity index is 1.85. The van der Waals surface area contributed by atoms with Gasteiger partial charge in [0, 0.05) is 17.5 Å². The van der Waals surface area contributed by atoms with Crippen LogP contribution in [0.15, 0.2) is 54.6 Å². The molecule has 108 valence electrons. The smallest absolute Gasteiger partial charge is 0.258 e. The summed E-state index contributed by atoms with van der Waals surface area (Å²) in [7, 11) is 0. The van der Waals surface area contributed by atoms with Gasteiger partial charge in [0.1, 0.15) is 0 Å². The van der Waals surface area contributed by atoms with Crippen LogP contribution in [-0.2, 0) is 0 Å². The summed E-state index contributed by atoms with van der Waals surface area (Å²) in [5.41, 5.74) is 4.02. The lowest BCUT2D eigenvalue weighted by molar-refractivity contribution is -0.384. The van der Waals surface area contributed by atoms with E-state index in [1.165, 1.54) is 17.7 Å². The molecule has 0 radical (unpaired) electrons. The van der Waals surface area contributed by atoms with Crippen molar-refractivity contribution in [3.05, 3.63) is 81.5 Å². The molecule has 3 rings (SSSR count). The first-order valence-corrected chi connectivity index (χ1v) is 6.92. The van der Waals surface area contributed by atoms with Crippen LogP contribution in [0.2, 0.25) is 0 Å². The number of fused-ring (bicyclic) bond motifs is 1. The van der Waals surface area contributed by atoms with Crippen molar-refractivity contribution in [1.29, 1.82) is 0 Å². The minimum absolute atomic E-state index is 0.0938. The number of hydrogen-bond acceptors (Lipinski definition) is 3. The van der Waals surface area contributed by atoms with Gasteiger partial charge in [-0.25, -0.2) is 4.98 Å². The molecular formula is C18H14N2O2. The molecule has 1 heterocycles. The number of nitrogens with zero attached hydrogens (tertiary/aromatic N) is 2. The zero-order valence-electron chi connectivity index (χ0n) is 12.1. The van der Waals surface area contributed by atoms with Crippen LogP contribution in [0.5, 0.6) is 0 Å². The van der Waals surface area contributed by atoms with Gasteiger partial charge in [0.15, 0.2) is 0 Å². The minimum Gasteiger partial charge on any atom is -0.258 e. The zero-order chi connectivity index (χ0) is 15.5. The molecule has 3 aromatic rings. The Morgan fingerprint density at radius 1 is 1.00 bits per heavy atom. The molecule has 0 fully saturated rings. The van der Waals surface area contributed by atoms with Crippen molar-refractivity contribution in [2.75, 3.05) is 0 Å². The molecule has 22 heavy (non-hydrogen) atoms. The predicted molar refractivity (Wildman–Crippen MR) is 88.5 cm³/mol. The quantitative estimate of drug-likeness (QED) is 0.522. The van der Waals surface area contributed by atoms with E-state index in [0.29, 0.717) is 0 Å². The first-order valence-electron chi connectivity index (χ1n) is 6.92. The second-order valence-corrected chi connectivity index (χ2v) is 5.11. The largest absolute Gasteiger partial charge is 0.269 e. The second kappa shape index (κ2) is 5.77. The third-order valence-electron chi connectivity index (χ3n) is 3.42. The van der Waals surface area contributed by atoms with E-state index in [0.717, 1.165) is 22.2 Å². The van der Waals surface area contributed by atoms with Crippen molar-refractivity contribution < 1.29 is 4.92 Å². The van der Waals surface area contributed by atoms with Crippen LogP contribution < -0.4 is 0 Å². The van der Waals surface area contributed by atoms with Gasteiger partial charge in [-0.3, -0.25) is 10.1 Å². The van der Waals surface area contributed by atoms with Gasteiger partial charge < -0.3 is 0 Å². The number of aromatic nitrogens is 1. The molecule has 0 bridgehead atoms. The summed E-state index contributed by atoms with van der Waals surface area (Å²) in [4.78, 5) is 14.8. The van der Waals surface area contributed by atoms with E-state index in [4.69, 9.17) is 0 Å². The molecule has 0 N–H and O–H groups in total. The minimum atomic E-state index is -0.402. The zero-order valence-corrected chi connectivity index (χ0v) is 12.1. The molecule has 0 atom stereocenters. The summed E-state index contributed by atoms with van der Waals surface area (Å²) in [5.74, 6) is 0. The molecule has 0 spiro atoms. The highest BCUT2D eigenvalue weighted by atomic mass is 16.6. The van der Waals surface area contributed by atoms with E-state index in [-0.39, 0.29) is 5.69 Å². The highest BCUT2D eigenvalue weighted by Gasteiger charge is 2.02. The maximum Gasteiger partial charge on any atom is 0.269 e. The monoisotopic (exact) mass is 290 g/mol. The number of nitro benzene ring substituents is 1. The normalized spacial score (nSPS) is 11.1. The van der Waals surface area contributed by atoms with E-state index >= 15 is 0 Å². The summed E-state index contributed by atoms with van der Waals surface area (Å²) < 4.78 is 0. The molecule has 0 unspecified atom stereocenters. The van der Waals surface area contributed by atoms with Crippen LogP contribution in [0.3, 0.4) is 0 Å². The van der Waals surface area contributed by atoms with Crippen LogP contribution in [0, 0.1) is 17.0 Å². The molecule has 4 nitrogen and oxygen atoms in total. The van der Waals surface area contributed by atoms with Crippen LogP contribution in [0.1, 0.15) is 16.8 Å². The number of non-ortho nitro benzene ring substituents is 1. The standard InChI is InChI=1S/C18H14N2O2/c1-13-2-11-18-15(12-13)6-8-16(19-18)7-3-14-4-9-17(10-5-14)20(21)22/h2-12H,1H3/b7-3+. The van der Waals surface area contributed by atoms with Crippen molar-refractivity contribution in [2.24, 2.45) is 0 Å². The summed E-state index contributed by atoms with van der Waals surface area (Å²) >= 11 is 0. The van der Waals surface area contributed by atoms with Gasteiger partial charge in [0.25, 0.3) is 5.69 Å². The lowest BCUT2D eigenvalue weighted by Gasteiger charge is -2.00. The van der Waals surface area contributed by atoms with Gasteiger partial charge >= 0.3 is 0 Å². The topological polar surface area (TPSA) is 56.0 Å². The van der Waals surface area contributed by atoms with Crippen LogP contribution in [0.25, 0.3) is 23.1 Å². The van der Waals surface area contributed by atoms with E-state index < -0.39 is 4.92 Å². The summed E-state index contributed by atoms with van der Waals surface area (Å²) in [5, 5.41) is 11.7. The van der Waals surface area contributed by atoms with Gasteiger partial charge in [-0.15, -0.1) is 0 Å². The van der Waals surface area contributed by atoms with Crippen LogP contribution in [0.4, 0.5) is 5.69 Å². The van der Waals surface area contributed by atoms with Crippen LogP contribution >= 0.6 is 0 Å².